The zero-order valence-electron chi connectivity index (χ0n) is 16.2. The van der Waals surface area contributed by atoms with Crippen molar-refractivity contribution in [3.63, 3.8) is 0 Å². The fourth-order valence-corrected chi connectivity index (χ4v) is 3.71. The van der Waals surface area contributed by atoms with E-state index in [0.717, 1.165) is 17.4 Å². The molecule has 0 saturated carbocycles. The van der Waals surface area contributed by atoms with Crippen LogP contribution >= 0.6 is 0 Å². The third-order valence-corrected chi connectivity index (χ3v) is 7.06. The molecular weight excluding hydrogens is 384 g/mol. The second-order valence-corrected chi connectivity index (χ2v) is 9.22. The van der Waals surface area contributed by atoms with Gasteiger partial charge in [-0.3, -0.25) is 14.8 Å². The molecule has 2 rings (SSSR count). The van der Waals surface area contributed by atoms with E-state index in [-0.39, 0.29) is 18.5 Å². The predicted octanol–water partition coefficient (Wildman–Crippen LogP) is 1.53. The number of aryl methyl sites for hydroxylation is 1. The number of pyridine rings is 1. The van der Waals surface area contributed by atoms with Crippen molar-refractivity contribution in [3.8, 4) is 16.9 Å². The van der Waals surface area contributed by atoms with E-state index in [9.17, 15) is 18.0 Å². The van der Waals surface area contributed by atoms with Crippen LogP contribution in [-0.4, -0.2) is 42.2 Å². The number of nitrogens with zero attached hydrogens (tertiary/aromatic N) is 1. The van der Waals surface area contributed by atoms with Gasteiger partial charge in [-0.15, -0.1) is 0 Å². The van der Waals surface area contributed by atoms with Crippen LogP contribution in [0.2, 0.25) is 0 Å². The average molecular weight is 408 g/mol. The minimum Gasteiger partial charge on any atom is -0.497 e. The number of amides is 1. The van der Waals surface area contributed by atoms with Crippen LogP contribution in [0.1, 0.15) is 18.9 Å². The number of aromatic nitrogens is 1. The van der Waals surface area contributed by atoms with Gasteiger partial charge in [-0.05, 0) is 49.6 Å². The van der Waals surface area contributed by atoms with Crippen LogP contribution in [-0.2, 0) is 21.2 Å². The number of hydroxylamine groups is 1. The highest BCUT2D eigenvalue weighted by atomic mass is 32.2. The first-order valence-electron chi connectivity index (χ1n) is 8.53. The molecule has 0 aliphatic heterocycles. The molecule has 1 aromatic heterocycles. The molecule has 8 nitrogen and oxygen atoms in total. The summed E-state index contributed by atoms with van der Waals surface area (Å²) >= 11 is 0. The number of benzene rings is 1. The Labute approximate surface area is 163 Å². The Bertz CT molecular complexity index is 1030. The molecule has 28 heavy (non-hydrogen) atoms. The normalized spacial score (nSPS) is 13.6. The van der Waals surface area contributed by atoms with Crippen molar-refractivity contribution in [2.24, 2.45) is 0 Å². The molecule has 1 atom stereocenters. The largest absolute Gasteiger partial charge is 0.497 e. The van der Waals surface area contributed by atoms with Gasteiger partial charge in [-0.25, -0.2) is 13.9 Å². The molecule has 0 radical (unpaired) electrons. The molecular formula is C19H24N2O6S. The third-order valence-electron chi connectivity index (χ3n) is 5.04. The predicted molar refractivity (Wildman–Crippen MR) is 105 cm³/mol. The number of methoxy groups -OCH3 is 1. The monoisotopic (exact) mass is 408 g/mol. The van der Waals surface area contributed by atoms with Gasteiger partial charge in [0.2, 0.25) is 0 Å². The van der Waals surface area contributed by atoms with E-state index in [0.29, 0.717) is 11.3 Å². The fraction of sp³-hybridized carbons (Fsp3) is 0.368. The minimum atomic E-state index is -3.83. The molecule has 2 N–H and O–H groups in total. The number of rotatable bonds is 7. The van der Waals surface area contributed by atoms with Crippen LogP contribution in [0.3, 0.4) is 0 Å². The molecule has 2 aromatic rings. The van der Waals surface area contributed by atoms with Gasteiger partial charge < -0.3 is 9.30 Å². The highest BCUT2D eigenvalue weighted by molar-refractivity contribution is 7.92. The number of carbonyl (C=O) groups is 1. The Kier molecular flexibility index (Phi) is 6.30. The van der Waals surface area contributed by atoms with Crippen molar-refractivity contribution in [1.82, 2.24) is 10.0 Å². The minimum absolute atomic E-state index is 0.000441. The standard InChI is InChI=1S/C19H24N2O6S/c1-13-16(14-5-7-15(27-3)8-6-14)9-11-21(17(13)22)12-10-19(2,18(23)20-24)28(4,25)26/h5-9,11,24H,10,12H2,1-4H3,(H,20,23). The molecule has 152 valence electrons. The maximum Gasteiger partial charge on any atom is 0.264 e. The highest BCUT2D eigenvalue weighted by Crippen LogP contribution is 2.25. The zero-order valence-corrected chi connectivity index (χ0v) is 17.0. The molecule has 1 unspecified atom stereocenters. The van der Waals surface area contributed by atoms with Gasteiger partial charge >= 0.3 is 0 Å². The van der Waals surface area contributed by atoms with Gasteiger partial charge in [0.25, 0.3) is 11.5 Å². The molecule has 0 aliphatic carbocycles. The average Bonchev–Trinajstić information content (AvgIpc) is 2.67. The Hall–Kier alpha value is -2.65. The van der Waals surface area contributed by atoms with Crippen molar-refractivity contribution in [2.45, 2.75) is 31.6 Å². The van der Waals surface area contributed by atoms with Crippen LogP contribution < -0.4 is 15.8 Å². The van der Waals surface area contributed by atoms with E-state index in [2.05, 4.69) is 0 Å². The van der Waals surface area contributed by atoms with E-state index in [1.54, 1.807) is 38.4 Å². The molecule has 1 heterocycles. The quantitative estimate of drug-likeness (QED) is 0.530. The molecule has 0 aliphatic rings. The summed E-state index contributed by atoms with van der Waals surface area (Å²) in [5.41, 5.74) is 3.22. The first-order chi connectivity index (χ1) is 13.0. The number of sulfone groups is 1. The van der Waals surface area contributed by atoms with Crippen LogP contribution in [0.25, 0.3) is 11.1 Å². The lowest BCUT2D eigenvalue weighted by Crippen LogP contribution is -2.50. The van der Waals surface area contributed by atoms with Crippen molar-refractivity contribution in [1.29, 1.82) is 0 Å². The Morgan fingerprint density at radius 1 is 1.25 bits per heavy atom. The van der Waals surface area contributed by atoms with E-state index in [1.165, 1.54) is 17.0 Å². The van der Waals surface area contributed by atoms with Crippen molar-refractivity contribution >= 4 is 15.7 Å². The van der Waals surface area contributed by atoms with E-state index < -0.39 is 20.5 Å². The summed E-state index contributed by atoms with van der Waals surface area (Å²) in [6.45, 7) is 2.91. The van der Waals surface area contributed by atoms with E-state index >= 15 is 0 Å². The zero-order chi connectivity index (χ0) is 21.1. The van der Waals surface area contributed by atoms with Crippen LogP contribution in [0.5, 0.6) is 5.75 Å². The van der Waals surface area contributed by atoms with E-state index in [4.69, 9.17) is 9.94 Å². The Morgan fingerprint density at radius 3 is 2.36 bits per heavy atom. The van der Waals surface area contributed by atoms with Crippen LogP contribution in [0.15, 0.2) is 41.3 Å². The summed E-state index contributed by atoms with van der Waals surface area (Å²) in [4.78, 5) is 24.6. The highest BCUT2D eigenvalue weighted by Gasteiger charge is 2.43. The van der Waals surface area contributed by atoms with Gasteiger partial charge in [-0.1, -0.05) is 12.1 Å². The van der Waals surface area contributed by atoms with Crippen molar-refractivity contribution < 1.29 is 23.2 Å². The van der Waals surface area contributed by atoms with Crippen molar-refractivity contribution in [2.75, 3.05) is 13.4 Å². The van der Waals surface area contributed by atoms with Crippen LogP contribution in [0.4, 0.5) is 0 Å². The summed E-state index contributed by atoms with van der Waals surface area (Å²) < 4.78 is 28.7. The smallest absolute Gasteiger partial charge is 0.264 e. The lowest BCUT2D eigenvalue weighted by atomic mass is 10.0. The number of carbonyl (C=O) groups excluding carboxylic acids is 1. The Morgan fingerprint density at radius 2 is 1.86 bits per heavy atom. The second kappa shape index (κ2) is 8.15. The molecule has 1 aromatic carbocycles. The molecule has 1 amide bonds. The number of ether oxygens (including phenoxy) is 1. The molecule has 0 fully saturated rings. The first kappa shape index (κ1) is 21.6. The molecule has 0 bridgehead atoms. The summed E-state index contributed by atoms with van der Waals surface area (Å²) in [6.07, 6.45) is 2.32. The fourth-order valence-electron chi connectivity index (χ4n) is 2.87. The van der Waals surface area contributed by atoms with E-state index in [1.807, 2.05) is 12.1 Å². The van der Waals surface area contributed by atoms with Gasteiger partial charge in [0.15, 0.2) is 14.6 Å². The summed E-state index contributed by atoms with van der Waals surface area (Å²) in [5, 5.41) is 8.89. The SMILES string of the molecule is COc1ccc(-c2ccn(CCC(C)(C(=O)NO)S(C)(=O)=O)c(=O)c2C)cc1. The lowest BCUT2D eigenvalue weighted by molar-refractivity contribution is -0.131. The second-order valence-electron chi connectivity index (χ2n) is 6.78. The number of hydrogen-bond acceptors (Lipinski definition) is 6. The summed E-state index contributed by atoms with van der Waals surface area (Å²) in [7, 11) is -2.25. The van der Waals surface area contributed by atoms with Gasteiger partial charge in [0.05, 0.1) is 7.11 Å². The number of nitrogens with one attached hydrogen (secondary N) is 1. The topological polar surface area (TPSA) is 115 Å². The van der Waals surface area contributed by atoms with Crippen molar-refractivity contribution in [3.05, 3.63) is 52.4 Å². The van der Waals surface area contributed by atoms with Crippen LogP contribution in [0, 0.1) is 6.92 Å². The molecule has 9 heteroatoms. The van der Waals surface area contributed by atoms with Gasteiger partial charge in [0, 0.05) is 24.6 Å². The lowest BCUT2D eigenvalue weighted by Gasteiger charge is -2.25. The van der Waals surface area contributed by atoms with Gasteiger partial charge in [-0.2, -0.15) is 0 Å². The third kappa shape index (κ3) is 4.10. The summed E-state index contributed by atoms with van der Waals surface area (Å²) in [6, 6.07) is 9.05. The molecule has 0 spiro atoms. The number of hydrogen-bond donors (Lipinski definition) is 2. The summed E-state index contributed by atoms with van der Waals surface area (Å²) in [5.74, 6) is -0.327. The maximum atomic E-state index is 12.7. The maximum absolute atomic E-state index is 12.7. The Balaban J connectivity index is 2.34. The van der Waals surface area contributed by atoms with Gasteiger partial charge in [0.1, 0.15) is 5.75 Å². The molecule has 0 saturated heterocycles. The first-order valence-corrected chi connectivity index (χ1v) is 10.4.